The number of ether oxygens (including phenoxy) is 1. The Labute approximate surface area is 380 Å². The fraction of sp³-hybridized carbons (Fsp3) is 0.0357. The van der Waals surface area contributed by atoms with Gasteiger partial charge in [-0.25, -0.2) is 4.98 Å². The van der Waals surface area contributed by atoms with Crippen molar-refractivity contribution >= 4 is 44.6 Å². The maximum absolute atomic E-state index is 9.24. The van der Waals surface area contributed by atoms with E-state index in [4.69, 9.17) is 12.5 Å². The molecule has 2 aromatic heterocycles. The molecule has 0 atom stereocenters. The molecule has 0 bridgehead atoms. The Bertz CT molecular complexity index is 3360. The monoisotopic (exact) mass is 981 g/mol. The summed E-state index contributed by atoms with van der Waals surface area (Å²) in [6.45, 7) is 6.13. The third-order valence-corrected chi connectivity index (χ3v) is 11.4. The number of aryl methyl sites for hydroxylation is 2. The minimum Gasteiger partial charge on any atom is -0.509 e. The quantitative estimate of drug-likeness (QED) is 0.142. The summed E-state index contributed by atoms with van der Waals surface area (Å²) in [6, 6.07) is 63.7. The first-order valence-electron chi connectivity index (χ1n) is 21.8. The van der Waals surface area contributed by atoms with Crippen LogP contribution in [0, 0.1) is 32.6 Å². The summed E-state index contributed by atoms with van der Waals surface area (Å²) in [4.78, 5) is 9.01. The van der Waals surface area contributed by atoms with Crippen LogP contribution in [0.5, 0.6) is 11.5 Å². The number of pyridine rings is 1. The van der Waals surface area contributed by atoms with Crippen molar-refractivity contribution in [3.63, 3.8) is 0 Å². The van der Waals surface area contributed by atoms with Crippen LogP contribution in [0.15, 0.2) is 194 Å². The van der Waals surface area contributed by atoms with Gasteiger partial charge in [-0.1, -0.05) is 145 Å². The van der Waals surface area contributed by atoms with Crippen LogP contribution in [0.3, 0.4) is 0 Å². The summed E-state index contributed by atoms with van der Waals surface area (Å²) < 4.78 is 35.9. The van der Waals surface area contributed by atoms with Crippen molar-refractivity contribution in [2.45, 2.75) is 13.8 Å². The normalized spacial score (nSPS) is 12.8. The average Bonchev–Trinajstić information content (AvgIpc) is 3.88. The van der Waals surface area contributed by atoms with E-state index in [9.17, 15) is 1.37 Å². The van der Waals surface area contributed by atoms with Crippen LogP contribution in [-0.2, 0) is 21.1 Å². The van der Waals surface area contributed by atoms with Crippen LogP contribution in [-0.4, -0.2) is 9.55 Å². The van der Waals surface area contributed by atoms with Gasteiger partial charge in [0.15, 0.2) is 0 Å². The van der Waals surface area contributed by atoms with Gasteiger partial charge in [-0.2, -0.15) is 12.1 Å². The van der Waals surface area contributed by atoms with E-state index >= 15 is 0 Å². The van der Waals surface area contributed by atoms with Crippen molar-refractivity contribution in [1.29, 1.82) is 0 Å². The zero-order chi connectivity index (χ0) is 43.5. The first-order chi connectivity index (χ1) is 31.3. The Morgan fingerprint density at radius 3 is 1.94 bits per heavy atom. The molecule has 0 saturated heterocycles. The molecule has 0 unspecified atom stereocenters. The molecule has 11 rings (SSSR count). The van der Waals surface area contributed by atoms with E-state index in [1.54, 1.807) is 0 Å². The van der Waals surface area contributed by atoms with Gasteiger partial charge in [-0.15, -0.1) is 48.0 Å². The van der Waals surface area contributed by atoms with Gasteiger partial charge < -0.3 is 19.1 Å². The molecule has 0 amide bonds. The first-order valence-corrected chi connectivity index (χ1v) is 20.3. The minimum atomic E-state index is -0.272. The molecule has 62 heavy (non-hydrogen) atoms. The van der Waals surface area contributed by atoms with E-state index in [-0.39, 0.29) is 50.6 Å². The van der Waals surface area contributed by atoms with Gasteiger partial charge in [-0.05, 0) is 68.5 Å². The molecule has 0 N–H and O–H groups in total. The Kier molecular flexibility index (Phi) is 9.37. The molecule has 3 heterocycles. The third-order valence-electron chi connectivity index (χ3n) is 11.4. The second-order valence-electron chi connectivity index (χ2n) is 15.2. The third kappa shape index (κ3) is 6.95. The molecule has 0 spiro atoms. The maximum atomic E-state index is 9.24. The predicted molar refractivity (Wildman–Crippen MR) is 250 cm³/mol. The topological polar surface area (TPSA) is 33.5 Å². The first kappa shape index (κ1) is 35.5. The van der Waals surface area contributed by atoms with E-state index in [0.29, 0.717) is 5.75 Å². The number of anilines is 4. The van der Waals surface area contributed by atoms with Gasteiger partial charge in [0.25, 0.3) is 0 Å². The largest absolute Gasteiger partial charge is 0.509 e. The number of hydrogen-bond acceptors (Lipinski definition) is 4. The molecule has 5 nitrogen and oxygen atoms in total. The second kappa shape index (κ2) is 16.3. The standard InChI is InChI=1S/C56H39N4O.Pt/c1-38-27-29-42(30-28-38)50-36-57-55(33-39(50)2)60-51-24-10-9-21-48(51)49-32-31-45(35-54(49)60)61-44-20-13-19-43(34-44)58-37-59(53-26-12-11-25-52(53)58)56-46(40-15-5-3-6-16-40)22-14-23-47(56)41-17-7-4-8-18-41;/h3-33,36-37H,1-2H3;/q-3;/i13D,19D,20D;. The molecule has 302 valence electrons. The van der Waals surface area contributed by atoms with Gasteiger partial charge in [-0.3, -0.25) is 0 Å². The van der Waals surface area contributed by atoms with Crippen LogP contribution in [0.25, 0.3) is 61.0 Å². The fourth-order valence-corrected chi connectivity index (χ4v) is 8.44. The van der Waals surface area contributed by atoms with E-state index in [1.807, 2.05) is 96.6 Å². The summed E-state index contributed by atoms with van der Waals surface area (Å²) in [7, 11) is 0. The molecular formula is C56H39N4OPt-3. The number of nitrogens with zero attached hydrogens (tertiary/aromatic N) is 4. The molecule has 0 radical (unpaired) electrons. The molecule has 10 aromatic rings. The molecule has 0 saturated carbocycles. The molecule has 0 fully saturated rings. The Hall–Kier alpha value is -7.20. The molecule has 6 heteroatoms. The van der Waals surface area contributed by atoms with E-state index in [2.05, 4.69) is 126 Å². The van der Waals surface area contributed by atoms with Crippen LogP contribution < -0.4 is 14.5 Å². The Morgan fingerprint density at radius 1 is 0.581 bits per heavy atom. The van der Waals surface area contributed by atoms with Gasteiger partial charge in [0.05, 0.1) is 0 Å². The van der Waals surface area contributed by atoms with Crippen molar-refractivity contribution in [2.24, 2.45) is 0 Å². The van der Waals surface area contributed by atoms with Gasteiger partial charge >= 0.3 is 0 Å². The Balaban J connectivity index is 0.00000498. The summed E-state index contributed by atoms with van der Waals surface area (Å²) in [6.07, 6.45) is 1.93. The van der Waals surface area contributed by atoms with E-state index in [1.165, 1.54) is 5.56 Å². The fourth-order valence-electron chi connectivity index (χ4n) is 8.44. The second-order valence-corrected chi connectivity index (χ2v) is 15.2. The van der Waals surface area contributed by atoms with Crippen molar-refractivity contribution in [1.82, 2.24) is 9.55 Å². The number of rotatable bonds is 8. The van der Waals surface area contributed by atoms with Crippen molar-refractivity contribution in [3.8, 4) is 50.7 Å². The number of para-hydroxylation sites is 4. The van der Waals surface area contributed by atoms with Crippen molar-refractivity contribution < 1.29 is 29.9 Å². The molecule has 1 aliphatic heterocycles. The summed E-state index contributed by atoms with van der Waals surface area (Å²) in [5, 5.41) is 2.01. The predicted octanol–water partition coefficient (Wildman–Crippen LogP) is 14.6. The smallest absolute Gasteiger partial charge is 0.135 e. The molecule has 0 aliphatic carbocycles. The molecule has 1 aliphatic rings. The number of fused-ring (bicyclic) bond motifs is 4. The summed E-state index contributed by atoms with van der Waals surface area (Å²) >= 11 is 0. The van der Waals surface area contributed by atoms with E-state index < -0.39 is 0 Å². The zero-order valence-electron chi connectivity index (χ0n) is 36.8. The van der Waals surface area contributed by atoms with E-state index in [0.717, 1.165) is 83.6 Å². The zero-order valence-corrected chi connectivity index (χ0v) is 36.1. The van der Waals surface area contributed by atoms with Crippen LogP contribution >= 0.6 is 0 Å². The SMILES string of the molecule is [2H]c1c(Oc2[c-]c3c(cc2)c2ccccc2n3-c2cc(C)c(-c3ccc(C)cc3)cn2)[c-]c(N2[CH-]N(c3c(-c4ccccc4)cccc3-c3ccccc3)c3ccccc32)c([2H])c1[2H].[Pt]. The van der Waals surface area contributed by atoms with Crippen LogP contribution in [0.4, 0.5) is 22.7 Å². The number of benzene rings is 8. The van der Waals surface area contributed by atoms with Gasteiger partial charge in [0, 0.05) is 79.4 Å². The molecule has 8 aromatic carbocycles. The maximum Gasteiger partial charge on any atom is 0.135 e. The van der Waals surface area contributed by atoms with Crippen molar-refractivity contribution in [2.75, 3.05) is 9.80 Å². The summed E-state index contributed by atoms with van der Waals surface area (Å²) in [5.41, 5.74) is 13.3. The average molecular weight is 982 g/mol. The van der Waals surface area contributed by atoms with Gasteiger partial charge in [0.2, 0.25) is 0 Å². The number of aromatic nitrogens is 2. The summed E-state index contributed by atoms with van der Waals surface area (Å²) in [5.74, 6) is 1.10. The van der Waals surface area contributed by atoms with Crippen molar-refractivity contribution in [3.05, 3.63) is 224 Å². The van der Waals surface area contributed by atoms with Crippen LogP contribution in [0.2, 0.25) is 0 Å². The molecular weight excluding hydrogens is 940 g/mol. The van der Waals surface area contributed by atoms with Crippen LogP contribution in [0.1, 0.15) is 15.2 Å². The minimum absolute atomic E-state index is 0. The Morgan fingerprint density at radius 2 is 1.23 bits per heavy atom. The van der Waals surface area contributed by atoms with Gasteiger partial charge in [0.1, 0.15) is 5.82 Å². The number of hydrogen-bond donors (Lipinski definition) is 0.